The van der Waals surface area contributed by atoms with E-state index in [-0.39, 0.29) is 16.7 Å². The molecule has 3 N–H and O–H groups in total. The SMILES string of the molecule is C=N/C(=C(\C=C/C)c1sc2c(c1C(=C)O)CC(C)(C)CC2)N1CCCC1.O. The molecule has 0 spiro atoms. The Morgan fingerprint density at radius 2 is 1.96 bits per heavy atom. The summed E-state index contributed by atoms with van der Waals surface area (Å²) in [6.45, 7) is 16.4. The topological polar surface area (TPSA) is 67.3 Å². The fourth-order valence-corrected chi connectivity index (χ4v) is 5.48. The predicted octanol–water partition coefficient (Wildman–Crippen LogP) is 5.01. The molecule has 0 atom stereocenters. The summed E-state index contributed by atoms with van der Waals surface area (Å²) < 4.78 is 0. The highest BCUT2D eigenvalue weighted by Crippen LogP contribution is 2.46. The van der Waals surface area contributed by atoms with Crippen LogP contribution in [0.2, 0.25) is 0 Å². The fourth-order valence-electron chi connectivity index (χ4n) is 4.12. The zero-order valence-corrected chi connectivity index (χ0v) is 17.6. The smallest absolute Gasteiger partial charge is 0.136 e. The van der Waals surface area contributed by atoms with Crippen molar-refractivity contribution in [1.29, 1.82) is 0 Å². The molecule has 1 aliphatic carbocycles. The summed E-state index contributed by atoms with van der Waals surface area (Å²) in [5.41, 5.74) is 3.52. The highest BCUT2D eigenvalue weighted by atomic mass is 32.1. The molecule has 5 heteroatoms. The van der Waals surface area contributed by atoms with Gasteiger partial charge in [-0.05, 0) is 56.7 Å². The first-order valence-electron chi connectivity index (χ1n) is 9.49. The van der Waals surface area contributed by atoms with Crippen molar-refractivity contribution in [1.82, 2.24) is 4.90 Å². The Kier molecular flexibility index (Phi) is 6.71. The van der Waals surface area contributed by atoms with Gasteiger partial charge in [0.25, 0.3) is 0 Å². The number of nitrogens with zero attached hydrogens (tertiary/aromatic N) is 2. The Hall–Kier alpha value is -1.85. The van der Waals surface area contributed by atoms with E-state index in [0.717, 1.165) is 47.8 Å². The van der Waals surface area contributed by atoms with Crippen LogP contribution in [0.25, 0.3) is 11.3 Å². The van der Waals surface area contributed by atoms with E-state index in [2.05, 4.69) is 43.1 Å². The number of likely N-dealkylation sites (tertiary alicyclic amines) is 1. The van der Waals surface area contributed by atoms with E-state index in [0.29, 0.717) is 0 Å². The molecule has 1 saturated heterocycles. The first kappa shape index (κ1) is 21.5. The Balaban J connectivity index is 0.00000261. The van der Waals surface area contributed by atoms with Gasteiger partial charge in [-0.15, -0.1) is 11.3 Å². The molecule has 27 heavy (non-hydrogen) atoms. The predicted molar refractivity (Wildman–Crippen MR) is 117 cm³/mol. The van der Waals surface area contributed by atoms with E-state index in [1.54, 1.807) is 11.3 Å². The third kappa shape index (κ3) is 4.19. The van der Waals surface area contributed by atoms with E-state index in [1.807, 2.05) is 13.0 Å². The van der Waals surface area contributed by atoms with E-state index < -0.39 is 0 Å². The summed E-state index contributed by atoms with van der Waals surface area (Å²) in [5.74, 6) is 1.10. The zero-order chi connectivity index (χ0) is 18.9. The van der Waals surface area contributed by atoms with E-state index in [4.69, 9.17) is 0 Å². The average Bonchev–Trinajstić information content (AvgIpc) is 3.21. The van der Waals surface area contributed by atoms with Gasteiger partial charge in [-0.1, -0.05) is 32.6 Å². The van der Waals surface area contributed by atoms with Crippen molar-refractivity contribution < 1.29 is 10.6 Å². The Bertz CT molecular complexity index is 780. The highest BCUT2D eigenvalue weighted by molar-refractivity contribution is 7.13. The van der Waals surface area contributed by atoms with Gasteiger partial charge in [0.2, 0.25) is 0 Å². The summed E-state index contributed by atoms with van der Waals surface area (Å²) in [7, 11) is 0. The highest BCUT2D eigenvalue weighted by Gasteiger charge is 2.32. The lowest BCUT2D eigenvalue weighted by atomic mass is 9.75. The number of aryl methyl sites for hydroxylation is 1. The van der Waals surface area contributed by atoms with Gasteiger partial charge in [0.15, 0.2) is 0 Å². The number of thiophene rings is 1. The lowest BCUT2D eigenvalue weighted by molar-refractivity contribution is 0.317. The van der Waals surface area contributed by atoms with Crippen LogP contribution in [0.15, 0.2) is 29.5 Å². The number of aliphatic hydroxyl groups is 1. The quantitative estimate of drug-likeness (QED) is 0.438. The molecular formula is C22H32N2O2S. The average molecular weight is 389 g/mol. The fraction of sp³-hybridized carbons (Fsp3) is 0.500. The number of hydrogen-bond donors (Lipinski definition) is 1. The lowest BCUT2D eigenvalue weighted by Crippen LogP contribution is -2.21. The largest absolute Gasteiger partial charge is 0.508 e. The normalized spacial score (nSPS) is 19.4. The monoisotopic (exact) mass is 388 g/mol. The van der Waals surface area contributed by atoms with Crippen LogP contribution in [-0.2, 0) is 12.8 Å². The molecule has 1 aromatic heterocycles. The Morgan fingerprint density at radius 3 is 2.52 bits per heavy atom. The van der Waals surface area contributed by atoms with Gasteiger partial charge in [0.05, 0.1) is 0 Å². The molecule has 148 valence electrons. The molecule has 0 radical (unpaired) electrons. The van der Waals surface area contributed by atoms with Crippen LogP contribution in [0.1, 0.15) is 60.9 Å². The number of rotatable bonds is 5. The van der Waals surface area contributed by atoms with Gasteiger partial charge in [-0.2, -0.15) is 0 Å². The van der Waals surface area contributed by atoms with Gasteiger partial charge in [-0.3, -0.25) is 0 Å². The minimum atomic E-state index is 0. The minimum Gasteiger partial charge on any atom is -0.508 e. The summed E-state index contributed by atoms with van der Waals surface area (Å²) >= 11 is 1.80. The zero-order valence-electron chi connectivity index (χ0n) is 16.8. The number of fused-ring (bicyclic) bond motifs is 1. The minimum absolute atomic E-state index is 0. The van der Waals surface area contributed by atoms with Crippen molar-refractivity contribution in [2.24, 2.45) is 10.4 Å². The first-order valence-corrected chi connectivity index (χ1v) is 10.3. The Morgan fingerprint density at radius 1 is 1.30 bits per heavy atom. The van der Waals surface area contributed by atoms with Gasteiger partial charge < -0.3 is 15.5 Å². The maximum absolute atomic E-state index is 10.5. The molecule has 4 nitrogen and oxygen atoms in total. The van der Waals surface area contributed by atoms with Crippen LogP contribution in [0.4, 0.5) is 0 Å². The number of aliphatic hydroxyl groups excluding tert-OH is 1. The molecule has 2 aliphatic rings. The van der Waals surface area contributed by atoms with Gasteiger partial charge in [0.1, 0.15) is 11.6 Å². The van der Waals surface area contributed by atoms with Gasteiger partial charge in [0, 0.05) is 34.0 Å². The molecule has 2 heterocycles. The summed E-state index contributed by atoms with van der Waals surface area (Å²) in [5, 5.41) is 10.5. The van der Waals surface area contributed by atoms with Crippen LogP contribution in [0.3, 0.4) is 0 Å². The van der Waals surface area contributed by atoms with Crippen LogP contribution < -0.4 is 0 Å². The third-order valence-corrected chi connectivity index (χ3v) is 6.76. The number of allylic oxidation sites excluding steroid dienone is 3. The van der Waals surface area contributed by atoms with Gasteiger partial charge in [-0.25, -0.2) is 4.99 Å². The van der Waals surface area contributed by atoms with Gasteiger partial charge >= 0.3 is 0 Å². The van der Waals surface area contributed by atoms with Crippen molar-refractivity contribution >= 4 is 29.4 Å². The van der Waals surface area contributed by atoms with Crippen molar-refractivity contribution in [3.63, 3.8) is 0 Å². The second-order valence-electron chi connectivity index (χ2n) is 8.09. The molecule has 1 aliphatic heterocycles. The second-order valence-corrected chi connectivity index (χ2v) is 9.19. The van der Waals surface area contributed by atoms with E-state index >= 15 is 0 Å². The molecule has 0 unspecified atom stereocenters. The van der Waals surface area contributed by atoms with Crippen molar-refractivity contribution in [2.45, 2.75) is 52.9 Å². The summed E-state index contributed by atoms with van der Waals surface area (Å²) in [6, 6.07) is 0. The lowest BCUT2D eigenvalue weighted by Gasteiger charge is -2.30. The first-order chi connectivity index (χ1) is 12.4. The van der Waals surface area contributed by atoms with Crippen LogP contribution >= 0.6 is 11.3 Å². The molecule has 0 amide bonds. The number of aliphatic imine (C=N–C) groups is 1. The molecule has 1 aromatic rings. The molecule has 0 aromatic carbocycles. The van der Waals surface area contributed by atoms with Crippen molar-refractivity contribution in [3.05, 3.63) is 45.4 Å². The van der Waals surface area contributed by atoms with Crippen LogP contribution in [0, 0.1) is 5.41 Å². The second kappa shape index (κ2) is 8.44. The maximum atomic E-state index is 10.5. The van der Waals surface area contributed by atoms with E-state index in [9.17, 15) is 5.11 Å². The molecular weight excluding hydrogens is 356 g/mol. The van der Waals surface area contributed by atoms with E-state index in [1.165, 1.54) is 29.7 Å². The number of hydrogen-bond acceptors (Lipinski definition) is 4. The molecule has 1 fully saturated rings. The molecule has 0 bridgehead atoms. The molecule has 3 rings (SSSR count). The van der Waals surface area contributed by atoms with Crippen LogP contribution in [0.5, 0.6) is 0 Å². The molecule has 0 saturated carbocycles. The Labute approximate surface area is 166 Å². The maximum Gasteiger partial charge on any atom is 0.136 e. The third-order valence-electron chi connectivity index (χ3n) is 5.44. The summed E-state index contributed by atoms with van der Waals surface area (Å²) in [4.78, 5) is 9.19. The van der Waals surface area contributed by atoms with Crippen LogP contribution in [-0.4, -0.2) is 35.3 Å². The van der Waals surface area contributed by atoms with Crippen molar-refractivity contribution in [2.75, 3.05) is 13.1 Å². The standard InChI is InChI=1S/C22H30N2OS.H2O/c1-6-9-16(21(23-5)24-12-7-8-13-24)20-19(15(2)25)17-14-22(3,4)11-10-18(17)26-20;/h6,9,25H,2,5,7-8,10-14H2,1,3-4H3;1H2/b9-6-,21-16-;. The summed E-state index contributed by atoms with van der Waals surface area (Å²) in [6.07, 6.45) is 9.76. The van der Waals surface area contributed by atoms with Crippen molar-refractivity contribution in [3.8, 4) is 0 Å².